The van der Waals surface area contributed by atoms with Gasteiger partial charge in [0.25, 0.3) is 0 Å². The lowest BCUT2D eigenvalue weighted by Crippen LogP contribution is -2.50. The van der Waals surface area contributed by atoms with E-state index in [2.05, 4.69) is 5.32 Å². The van der Waals surface area contributed by atoms with Gasteiger partial charge in [-0.05, 0) is 17.9 Å². The zero-order valence-corrected chi connectivity index (χ0v) is 17.7. The van der Waals surface area contributed by atoms with Crippen LogP contribution < -0.4 is 5.32 Å². The van der Waals surface area contributed by atoms with Gasteiger partial charge in [0, 0.05) is 12.0 Å². The average Bonchev–Trinajstić information content (AvgIpc) is 2.77. The number of methoxy groups -OCH3 is 1. The first-order chi connectivity index (χ1) is 14.4. The predicted octanol–water partition coefficient (Wildman–Crippen LogP) is 3.55. The molecule has 0 aliphatic carbocycles. The third-order valence-electron chi connectivity index (χ3n) is 4.77. The maximum absolute atomic E-state index is 12.7. The molecule has 6 heteroatoms. The van der Waals surface area contributed by atoms with Crippen molar-refractivity contribution in [2.45, 2.75) is 45.4 Å². The molecule has 0 radical (unpaired) electrons. The van der Waals surface area contributed by atoms with Crippen LogP contribution in [0.5, 0.6) is 0 Å². The van der Waals surface area contributed by atoms with Crippen LogP contribution in [0.1, 0.15) is 42.6 Å². The Balaban J connectivity index is 2.00. The van der Waals surface area contributed by atoms with Gasteiger partial charge in [0.05, 0.1) is 7.11 Å². The third-order valence-corrected chi connectivity index (χ3v) is 4.77. The molecular formula is C24H29NO5. The van der Waals surface area contributed by atoms with Crippen LogP contribution in [-0.2, 0) is 25.7 Å². The highest BCUT2D eigenvalue weighted by molar-refractivity contribution is 5.96. The van der Waals surface area contributed by atoms with Crippen molar-refractivity contribution in [3.63, 3.8) is 0 Å². The Bertz CT molecular complexity index is 820. The predicted molar refractivity (Wildman–Crippen MR) is 114 cm³/mol. The largest absolute Gasteiger partial charge is 0.468 e. The van der Waals surface area contributed by atoms with Crippen molar-refractivity contribution in [1.29, 1.82) is 0 Å². The van der Waals surface area contributed by atoms with E-state index in [1.807, 2.05) is 50.2 Å². The van der Waals surface area contributed by atoms with E-state index in [0.29, 0.717) is 5.56 Å². The molecule has 2 aromatic rings. The Hall–Kier alpha value is -2.99. The monoisotopic (exact) mass is 411 g/mol. The topological polar surface area (TPSA) is 81.7 Å². The molecule has 2 unspecified atom stereocenters. The molecule has 0 aliphatic rings. The first kappa shape index (κ1) is 23.3. The van der Waals surface area contributed by atoms with E-state index in [-0.39, 0.29) is 31.1 Å². The molecule has 0 amide bonds. The lowest BCUT2D eigenvalue weighted by atomic mass is 9.99. The second kappa shape index (κ2) is 11.9. The molecule has 0 spiro atoms. The number of nitrogens with one attached hydrogen (secondary N) is 1. The molecule has 0 saturated carbocycles. The van der Waals surface area contributed by atoms with E-state index in [0.717, 1.165) is 5.56 Å². The quantitative estimate of drug-likeness (QED) is 0.450. The maximum atomic E-state index is 12.7. The van der Waals surface area contributed by atoms with Gasteiger partial charge in [-0.15, -0.1) is 0 Å². The normalized spacial score (nSPS) is 12.8. The number of hydrogen-bond donors (Lipinski definition) is 1. The van der Waals surface area contributed by atoms with Crippen molar-refractivity contribution in [3.8, 4) is 0 Å². The zero-order valence-electron chi connectivity index (χ0n) is 17.7. The first-order valence-corrected chi connectivity index (χ1v) is 10.0. The highest BCUT2D eigenvalue weighted by Crippen LogP contribution is 2.13. The SMILES string of the molecule is COC(=O)C(CCC(=O)c1ccccc1)NC(C(=O)OCc1ccccc1)C(C)C. The summed E-state index contributed by atoms with van der Waals surface area (Å²) in [5, 5.41) is 3.05. The van der Waals surface area contributed by atoms with Crippen LogP contribution in [0.3, 0.4) is 0 Å². The molecule has 30 heavy (non-hydrogen) atoms. The summed E-state index contributed by atoms with van der Waals surface area (Å²) < 4.78 is 10.3. The summed E-state index contributed by atoms with van der Waals surface area (Å²) in [6, 6.07) is 16.8. The summed E-state index contributed by atoms with van der Waals surface area (Å²) in [6.45, 7) is 3.88. The standard InChI is InChI=1S/C24H29NO5/c1-17(2)22(24(28)30-16-18-10-6-4-7-11-18)25-20(23(27)29-3)14-15-21(26)19-12-8-5-9-13-19/h4-13,17,20,22,25H,14-16H2,1-3H3. The van der Waals surface area contributed by atoms with Gasteiger partial charge >= 0.3 is 11.9 Å². The van der Waals surface area contributed by atoms with Crippen LogP contribution in [0.25, 0.3) is 0 Å². The van der Waals surface area contributed by atoms with Gasteiger partial charge in [0.2, 0.25) is 0 Å². The third kappa shape index (κ3) is 7.12. The summed E-state index contributed by atoms with van der Waals surface area (Å²) in [6.07, 6.45) is 0.371. The lowest BCUT2D eigenvalue weighted by Gasteiger charge is -2.25. The zero-order chi connectivity index (χ0) is 21.9. The highest BCUT2D eigenvalue weighted by Gasteiger charge is 2.30. The maximum Gasteiger partial charge on any atom is 0.323 e. The van der Waals surface area contributed by atoms with Gasteiger partial charge in [0.1, 0.15) is 18.7 Å². The smallest absolute Gasteiger partial charge is 0.323 e. The van der Waals surface area contributed by atoms with E-state index < -0.39 is 24.0 Å². The van der Waals surface area contributed by atoms with Crippen LogP contribution >= 0.6 is 0 Å². The fourth-order valence-corrected chi connectivity index (χ4v) is 3.02. The molecule has 0 heterocycles. The molecule has 2 aromatic carbocycles. The first-order valence-electron chi connectivity index (χ1n) is 10.0. The van der Waals surface area contributed by atoms with E-state index >= 15 is 0 Å². The molecule has 0 saturated heterocycles. The van der Waals surface area contributed by atoms with E-state index in [4.69, 9.17) is 9.47 Å². The van der Waals surface area contributed by atoms with Gasteiger partial charge in [-0.3, -0.25) is 19.7 Å². The minimum atomic E-state index is -0.792. The van der Waals surface area contributed by atoms with Crippen molar-refractivity contribution in [2.24, 2.45) is 5.92 Å². The minimum absolute atomic E-state index is 0.0703. The molecule has 1 N–H and O–H groups in total. The van der Waals surface area contributed by atoms with Crippen molar-refractivity contribution >= 4 is 17.7 Å². The number of hydrogen-bond acceptors (Lipinski definition) is 6. The Labute approximate surface area is 177 Å². The summed E-state index contributed by atoms with van der Waals surface area (Å²) in [4.78, 5) is 37.3. The Morgan fingerprint density at radius 1 is 0.900 bits per heavy atom. The van der Waals surface area contributed by atoms with Gasteiger partial charge < -0.3 is 9.47 Å². The van der Waals surface area contributed by atoms with Crippen molar-refractivity contribution in [3.05, 3.63) is 71.8 Å². The van der Waals surface area contributed by atoms with Crippen LogP contribution in [-0.4, -0.2) is 36.9 Å². The van der Waals surface area contributed by atoms with E-state index in [1.165, 1.54) is 7.11 Å². The number of esters is 2. The molecule has 2 rings (SSSR count). The number of carbonyl (C=O) groups is 3. The number of rotatable bonds is 11. The summed E-state index contributed by atoms with van der Waals surface area (Å²) >= 11 is 0. The van der Waals surface area contributed by atoms with Gasteiger partial charge in [-0.25, -0.2) is 0 Å². The molecule has 160 valence electrons. The molecule has 0 aromatic heterocycles. The molecular weight excluding hydrogens is 382 g/mol. The summed E-state index contributed by atoms with van der Waals surface area (Å²) in [5.41, 5.74) is 1.47. The number of carbonyl (C=O) groups excluding carboxylic acids is 3. The Morgan fingerprint density at radius 3 is 2.07 bits per heavy atom. The number of ether oxygens (including phenoxy) is 2. The fourth-order valence-electron chi connectivity index (χ4n) is 3.02. The van der Waals surface area contributed by atoms with Gasteiger partial charge in [-0.1, -0.05) is 74.5 Å². The second-order valence-electron chi connectivity index (χ2n) is 7.39. The molecule has 0 fully saturated rings. The van der Waals surface area contributed by atoms with Crippen LogP contribution in [0, 0.1) is 5.92 Å². The van der Waals surface area contributed by atoms with Crippen molar-refractivity contribution in [1.82, 2.24) is 5.32 Å². The van der Waals surface area contributed by atoms with Crippen LogP contribution in [0.15, 0.2) is 60.7 Å². The summed E-state index contributed by atoms with van der Waals surface area (Å²) in [5.74, 6) is -1.15. The molecule has 2 atom stereocenters. The molecule has 0 bridgehead atoms. The minimum Gasteiger partial charge on any atom is -0.468 e. The van der Waals surface area contributed by atoms with Gasteiger partial charge in [-0.2, -0.15) is 0 Å². The number of benzene rings is 2. The molecule has 0 aliphatic heterocycles. The van der Waals surface area contributed by atoms with Crippen molar-refractivity contribution in [2.75, 3.05) is 7.11 Å². The Kier molecular flexibility index (Phi) is 9.22. The highest BCUT2D eigenvalue weighted by atomic mass is 16.5. The fraction of sp³-hybridized carbons (Fsp3) is 0.375. The number of Topliss-reactive ketones (excluding diaryl/α,β-unsaturated/α-hetero) is 1. The molecule has 6 nitrogen and oxygen atoms in total. The van der Waals surface area contributed by atoms with Gasteiger partial charge in [0.15, 0.2) is 5.78 Å². The second-order valence-corrected chi connectivity index (χ2v) is 7.39. The lowest BCUT2D eigenvalue weighted by molar-refractivity contribution is -0.150. The average molecular weight is 411 g/mol. The van der Waals surface area contributed by atoms with Crippen LogP contribution in [0.4, 0.5) is 0 Å². The Morgan fingerprint density at radius 2 is 1.50 bits per heavy atom. The van der Waals surface area contributed by atoms with Crippen LogP contribution in [0.2, 0.25) is 0 Å². The van der Waals surface area contributed by atoms with E-state index in [9.17, 15) is 14.4 Å². The number of ketones is 1. The van der Waals surface area contributed by atoms with E-state index in [1.54, 1.807) is 24.3 Å². The summed E-state index contributed by atoms with van der Waals surface area (Å²) in [7, 11) is 1.29. The van der Waals surface area contributed by atoms with Crippen molar-refractivity contribution < 1.29 is 23.9 Å².